The molecule has 0 radical (unpaired) electrons. The minimum Gasteiger partial charge on any atom is -0.768 e. The Bertz CT molecular complexity index is 701. The van der Waals surface area contributed by atoms with E-state index in [1.54, 1.807) is 18.2 Å². The van der Waals surface area contributed by atoms with Crippen molar-refractivity contribution >= 4 is 16.8 Å². The number of rotatable bonds is 5. The molecule has 0 amide bonds. The summed E-state index contributed by atoms with van der Waals surface area (Å²) in [5.74, 6) is 1.49. The third-order valence-corrected chi connectivity index (χ3v) is 5.00. The van der Waals surface area contributed by atoms with Crippen LogP contribution in [0.5, 0.6) is 0 Å². The highest BCUT2D eigenvalue weighted by Crippen LogP contribution is 2.47. The maximum atomic E-state index is 11.1. The Morgan fingerprint density at radius 3 is 2.64 bits per heavy atom. The minimum atomic E-state index is -2.19. The molecule has 0 bridgehead atoms. The molecule has 2 aromatic rings. The Balaban J connectivity index is 1.75. The third-order valence-electron chi connectivity index (χ3n) is 4.36. The molecular weight excluding hydrogens is 294 g/mol. The molecule has 22 heavy (non-hydrogen) atoms. The molecule has 1 saturated carbocycles. The number of hydrogen-bond donors (Lipinski definition) is 1. The van der Waals surface area contributed by atoms with Crippen LogP contribution in [0.2, 0.25) is 0 Å². The lowest BCUT2D eigenvalue weighted by Gasteiger charge is -2.18. The van der Waals surface area contributed by atoms with E-state index in [-0.39, 0.29) is 6.04 Å². The summed E-state index contributed by atoms with van der Waals surface area (Å²) in [5, 5.41) is 3.46. The van der Waals surface area contributed by atoms with E-state index in [0.717, 1.165) is 17.2 Å². The highest BCUT2D eigenvalue weighted by molar-refractivity contribution is 7.79. The highest BCUT2D eigenvalue weighted by atomic mass is 32.2. The lowest BCUT2D eigenvalue weighted by molar-refractivity contribution is 0.537. The Morgan fingerprint density at radius 2 is 1.95 bits per heavy atom. The summed E-state index contributed by atoms with van der Waals surface area (Å²) in [6.45, 7) is 4.32. The van der Waals surface area contributed by atoms with E-state index in [9.17, 15) is 8.76 Å². The van der Waals surface area contributed by atoms with E-state index >= 15 is 0 Å². The van der Waals surface area contributed by atoms with Crippen LogP contribution in [0.15, 0.2) is 53.4 Å². The number of anilines is 1. The van der Waals surface area contributed by atoms with Crippen molar-refractivity contribution in [3.63, 3.8) is 0 Å². The van der Waals surface area contributed by atoms with Gasteiger partial charge in [-0.3, -0.25) is 4.21 Å². The van der Waals surface area contributed by atoms with Crippen LogP contribution in [-0.2, 0) is 11.1 Å². The molecule has 4 unspecified atom stereocenters. The molecule has 0 heterocycles. The molecule has 4 atom stereocenters. The van der Waals surface area contributed by atoms with Gasteiger partial charge < -0.3 is 9.87 Å². The van der Waals surface area contributed by atoms with Crippen LogP contribution in [0.4, 0.5) is 5.69 Å². The number of benzene rings is 2. The quantitative estimate of drug-likeness (QED) is 0.841. The van der Waals surface area contributed by atoms with Crippen molar-refractivity contribution in [1.29, 1.82) is 0 Å². The summed E-state index contributed by atoms with van der Waals surface area (Å²) in [6.07, 6.45) is 1.27. The van der Waals surface area contributed by atoms with Gasteiger partial charge in [-0.1, -0.05) is 31.2 Å². The first kappa shape index (κ1) is 15.3. The summed E-state index contributed by atoms with van der Waals surface area (Å²) in [5.41, 5.74) is 3.43. The van der Waals surface area contributed by atoms with Crippen molar-refractivity contribution in [3.8, 4) is 0 Å². The van der Waals surface area contributed by atoms with Crippen molar-refractivity contribution in [1.82, 2.24) is 0 Å². The summed E-state index contributed by atoms with van der Waals surface area (Å²) in [6, 6.07) is 15.6. The molecule has 0 aliphatic heterocycles. The Kier molecular flexibility index (Phi) is 4.32. The normalized spacial score (nSPS) is 22.9. The van der Waals surface area contributed by atoms with Gasteiger partial charge in [0.1, 0.15) is 0 Å². The van der Waals surface area contributed by atoms with Gasteiger partial charge in [-0.05, 0) is 71.7 Å². The standard InChI is InChI=1S/C18H21NO2S/c1-12-9-18(12)15-6-3-7-16(10-15)19-13(2)14-5-4-8-17(11-14)22(20)21/h3-8,10-13,18-19H,9H2,1-2H3,(H,20,21)/p-1. The molecule has 116 valence electrons. The van der Waals surface area contributed by atoms with Gasteiger partial charge in [0.05, 0.1) is 0 Å². The van der Waals surface area contributed by atoms with Crippen molar-refractivity contribution in [3.05, 3.63) is 59.7 Å². The van der Waals surface area contributed by atoms with Crippen LogP contribution < -0.4 is 5.32 Å². The second kappa shape index (κ2) is 6.23. The van der Waals surface area contributed by atoms with E-state index in [1.807, 2.05) is 13.0 Å². The first-order valence-electron chi connectivity index (χ1n) is 7.60. The molecule has 0 aromatic heterocycles. The largest absolute Gasteiger partial charge is 0.768 e. The van der Waals surface area contributed by atoms with E-state index in [4.69, 9.17) is 0 Å². The van der Waals surface area contributed by atoms with Crippen molar-refractivity contribution < 1.29 is 8.76 Å². The summed E-state index contributed by atoms with van der Waals surface area (Å²) in [7, 11) is 0. The zero-order valence-electron chi connectivity index (χ0n) is 12.8. The fourth-order valence-corrected chi connectivity index (χ4v) is 3.29. The Hall–Kier alpha value is -1.65. The van der Waals surface area contributed by atoms with Gasteiger partial charge >= 0.3 is 0 Å². The van der Waals surface area contributed by atoms with Crippen molar-refractivity contribution in [2.45, 2.75) is 37.1 Å². The zero-order valence-corrected chi connectivity index (χ0v) is 13.6. The zero-order chi connectivity index (χ0) is 15.7. The topological polar surface area (TPSA) is 52.2 Å². The van der Waals surface area contributed by atoms with Crippen molar-refractivity contribution in [2.24, 2.45) is 5.92 Å². The summed E-state index contributed by atoms with van der Waals surface area (Å²) < 4.78 is 22.1. The molecule has 4 heteroatoms. The summed E-state index contributed by atoms with van der Waals surface area (Å²) >= 11 is -2.19. The maximum absolute atomic E-state index is 11.1. The molecule has 1 aliphatic rings. The second-order valence-electron chi connectivity index (χ2n) is 6.12. The Labute approximate surface area is 134 Å². The maximum Gasteiger partial charge on any atom is 0.0486 e. The SMILES string of the molecule is CC(Nc1cccc(C2CC2C)c1)c1cccc(S(=O)[O-])c1. The van der Waals surface area contributed by atoms with Crippen LogP contribution in [0, 0.1) is 5.92 Å². The van der Waals surface area contributed by atoms with E-state index in [0.29, 0.717) is 10.8 Å². The Morgan fingerprint density at radius 1 is 1.23 bits per heavy atom. The molecule has 1 N–H and O–H groups in total. The average Bonchev–Trinajstić information content (AvgIpc) is 3.24. The van der Waals surface area contributed by atoms with Crippen molar-refractivity contribution in [2.75, 3.05) is 5.32 Å². The van der Waals surface area contributed by atoms with Crippen LogP contribution in [0.1, 0.15) is 43.4 Å². The minimum absolute atomic E-state index is 0.0513. The van der Waals surface area contributed by atoms with Gasteiger partial charge in [0, 0.05) is 16.6 Å². The highest BCUT2D eigenvalue weighted by Gasteiger charge is 2.33. The van der Waals surface area contributed by atoms with Crippen LogP contribution >= 0.6 is 0 Å². The monoisotopic (exact) mass is 314 g/mol. The molecule has 1 fully saturated rings. The van der Waals surface area contributed by atoms with Gasteiger partial charge in [0.25, 0.3) is 0 Å². The first-order chi connectivity index (χ1) is 10.5. The predicted octanol–water partition coefficient (Wildman–Crippen LogP) is 4.22. The molecule has 3 nitrogen and oxygen atoms in total. The van der Waals surface area contributed by atoms with Gasteiger partial charge in [0.15, 0.2) is 0 Å². The predicted molar refractivity (Wildman–Crippen MR) is 88.6 cm³/mol. The fraction of sp³-hybridized carbons (Fsp3) is 0.333. The third kappa shape index (κ3) is 3.39. The van der Waals surface area contributed by atoms with Gasteiger partial charge in [-0.15, -0.1) is 0 Å². The molecular formula is C18H20NO2S-. The number of nitrogens with one attached hydrogen (secondary N) is 1. The second-order valence-corrected chi connectivity index (χ2v) is 7.06. The van der Waals surface area contributed by atoms with E-state index in [1.165, 1.54) is 12.0 Å². The molecule has 0 saturated heterocycles. The molecule has 1 aliphatic carbocycles. The van der Waals surface area contributed by atoms with E-state index in [2.05, 4.69) is 36.5 Å². The van der Waals surface area contributed by atoms with Gasteiger partial charge in [-0.25, -0.2) is 0 Å². The lowest BCUT2D eigenvalue weighted by Crippen LogP contribution is -2.07. The van der Waals surface area contributed by atoms with Crippen LogP contribution in [0.25, 0.3) is 0 Å². The van der Waals surface area contributed by atoms with E-state index < -0.39 is 11.1 Å². The average molecular weight is 314 g/mol. The molecule has 0 spiro atoms. The first-order valence-corrected chi connectivity index (χ1v) is 8.68. The van der Waals surface area contributed by atoms with Crippen LogP contribution in [0.3, 0.4) is 0 Å². The van der Waals surface area contributed by atoms with Gasteiger partial charge in [-0.2, -0.15) is 0 Å². The smallest absolute Gasteiger partial charge is 0.0486 e. The number of hydrogen-bond acceptors (Lipinski definition) is 3. The fourth-order valence-electron chi connectivity index (χ4n) is 2.87. The molecule has 2 aromatic carbocycles. The molecule has 3 rings (SSSR count). The van der Waals surface area contributed by atoms with Crippen LogP contribution in [-0.4, -0.2) is 8.76 Å². The van der Waals surface area contributed by atoms with Gasteiger partial charge in [0.2, 0.25) is 0 Å². The lowest BCUT2D eigenvalue weighted by atomic mass is 10.1. The summed E-state index contributed by atoms with van der Waals surface area (Å²) in [4.78, 5) is 0.326.